The minimum atomic E-state index is -0.619. The zero-order valence-electron chi connectivity index (χ0n) is 11.1. The van der Waals surface area contributed by atoms with E-state index in [0.29, 0.717) is 31.3 Å². The summed E-state index contributed by atoms with van der Waals surface area (Å²) in [6.45, 7) is 1.90. The topological polar surface area (TPSA) is 96.6 Å². The van der Waals surface area contributed by atoms with E-state index in [-0.39, 0.29) is 6.61 Å². The van der Waals surface area contributed by atoms with Gasteiger partial charge in [0.2, 0.25) is 0 Å². The Morgan fingerprint density at radius 2 is 2.15 bits per heavy atom. The van der Waals surface area contributed by atoms with Crippen LogP contribution in [-0.2, 0) is 11.3 Å². The van der Waals surface area contributed by atoms with Crippen LogP contribution in [0.5, 0.6) is 0 Å². The Morgan fingerprint density at radius 1 is 1.40 bits per heavy atom. The van der Waals surface area contributed by atoms with Crippen molar-refractivity contribution in [2.24, 2.45) is 5.73 Å². The molecule has 1 atom stereocenters. The van der Waals surface area contributed by atoms with Crippen LogP contribution in [-0.4, -0.2) is 43.5 Å². The number of nitrogens with two attached hydrogens (primary N) is 1. The Labute approximate surface area is 123 Å². The molecule has 6 nitrogen and oxygen atoms in total. The molecule has 0 saturated heterocycles. The fraction of sp³-hybridized carbons (Fsp3) is 0.462. The molecule has 1 aromatic rings. The SMILES string of the molecule is NC(=O)NCCNCC(O)COCc1ccccc1Cl. The van der Waals surface area contributed by atoms with Crippen molar-refractivity contribution in [3.05, 3.63) is 34.9 Å². The van der Waals surface area contributed by atoms with Crippen molar-refractivity contribution in [3.63, 3.8) is 0 Å². The van der Waals surface area contributed by atoms with Gasteiger partial charge in [-0.25, -0.2) is 4.79 Å². The predicted molar refractivity (Wildman–Crippen MR) is 77.6 cm³/mol. The molecule has 0 aliphatic carbocycles. The Kier molecular flexibility index (Phi) is 7.98. The summed E-state index contributed by atoms with van der Waals surface area (Å²) >= 11 is 5.98. The molecule has 1 aromatic carbocycles. The van der Waals surface area contributed by atoms with Crippen LogP contribution >= 0.6 is 11.6 Å². The molecule has 1 unspecified atom stereocenters. The van der Waals surface area contributed by atoms with E-state index in [1.54, 1.807) is 6.07 Å². The van der Waals surface area contributed by atoms with Gasteiger partial charge in [0.15, 0.2) is 0 Å². The summed E-state index contributed by atoms with van der Waals surface area (Å²) in [7, 11) is 0. The van der Waals surface area contributed by atoms with E-state index < -0.39 is 12.1 Å². The minimum absolute atomic E-state index is 0.210. The summed E-state index contributed by atoms with van der Waals surface area (Å²) in [6, 6.07) is 6.85. The highest BCUT2D eigenvalue weighted by molar-refractivity contribution is 6.31. The summed E-state index contributed by atoms with van der Waals surface area (Å²) in [6.07, 6.45) is -0.619. The summed E-state index contributed by atoms with van der Waals surface area (Å²) in [5, 5.41) is 15.7. The van der Waals surface area contributed by atoms with Crippen molar-refractivity contribution < 1.29 is 14.6 Å². The number of urea groups is 1. The van der Waals surface area contributed by atoms with Gasteiger partial charge in [-0.2, -0.15) is 0 Å². The Morgan fingerprint density at radius 3 is 2.85 bits per heavy atom. The molecule has 5 N–H and O–H groups in total. The van der Waals surface area contributed by atoms with E-state index in [2.05, 4.69) is 10.6 Å². The van der Waals surface area contributed by atoms with Gasteiger partial charge in [-0.05, 0) is 11.6 Å². The van der Waals surface area contributed by atoms with Gasteiger partial charge in [-0.15, -0.1) is 0 Å². The smallest absolute Gasteiger partial charge is 0.312 e. The number of carbonyl (C=O) groups excluding carboxylic acids is 1. The van der Waals surface area contributed by atoms with Gasteiger partial charge in [0, 0.05) is 24.7 Å². The molecule has 20 heavy (non-hydrogen) atoms. The molecule has 0 spiro atoms. The maximum Gasteiger partial charge on any atom is 0.312 e. The van der Waals surface area contributed by atoms with Gasteiger partial charge in [0.05, 0.1) is 19.3 Å². The number of halogens is 1. The van der Waals surface area contributed by atoms with E-state index in [1.165, 1.54) is 0 Å². The predicted octanol–water partition coefficient (Wildman–Crippen LogP) is 0.475. The second kappa shape index (κ2) is 9.55. The van der Waals surface area contributed by atoms with Crippen LogP contribution in [0.25, 0.3) is 0 Å². The molecule has 0 bridgehead atoms. The molecule has 0 aliphatic heterocycles. The Bertz CT molecular complexity index is 418. The normalized spacial score (nSPS) is 12.1. The molecular weight excluding hydrogens is 282 g/mol. The van der Waals surface area contributed by atoms with E-state index in [4.69, 9.17) is 22.1 Å². The summed E-state index contributed by atoms with van der Waals surface area (Å²) in [4.78, 5) is 10.4. The lowest BCUT2D eigenvalue weighted by atomic mass is 10.2. The second-order valence-electron chi connectivity index (χ2n) is 4.26. The number of carbonyl (C=O) groups is 1. The average Bonchev–Trinajstić information content (AvgIpc) is 2.40. The fourth-order valence-electron chi connectivity index (χ4n) is 1.52. The molecular formula is C13H20ClN3O3. The quantitative estimate of drug-likeness (QED) is 0.499. The average molecular weight is 302 g/mol. The maximum absolute atomic E-state index is 10.4. The number of nitrogens with one attached hydrogen (secondary N) is 2. The molecule has 0 radical (unpaired) electrons. The molecule has 0 fully saturated rings. The standard InChI is InChI=1S/C13H20ClN3O3/c14-12-4-2-1-3-10(12)8-20-9-11(18)7-16-5-6-17-13(15)19/h1-4,11,16,18H,5-9H2,(H3,15,17,19). The van der Waals surface area contributed by atoms with E-state index in [1.807, 2.05) is 18.2 Å². The van der Waals surface area contributed by atoms with Crippen LogP contribution < -0.4 is 16.4 Å². The zero-order valence-corrected chi connectivity index (χ0v) is 11.9. The molecule has 112 valence electrons. The van der Waals surface area contributed by atoms with Gasteiger partial charge in [-0.3, -0.25) is 0 Å². The van der Waals surface area contributed by atoms with Crippen LogP contribution in [0.1, 0.15) is 5.56 Å². The van der Waals surface area contributed by atoms with Crippen LogP contribution in [0.3, 0.4) is 0 Å². The van der Waals surface area contributed by atoms with Crippen molar-refractivity contribution in [2.45, 2.75) is 12.7 Å². The van der Waals surface area contributed by atoms with Gasteiger partial charge in [0.1, 0.15) is 0 Å². The highest BCUT2D eigenvalue weighted by Crippen LogP contribution is 2.15. The minimum Gasteiger partial charge on any atom is -0.389 e. The van der Waals surface area contributed by atoms with Gasteiger partial charge >= 0.3 is 6.03 Å². The highest BCUT2D eigenvalue weighted by atomic mass is 35.5. The zero-order chi connectivity index (χ0) is 14.8. The number of hydrogen-bond donors (Lipinski definition) is 4. The lowest BCUT2D eigenvalue weighted by molar-refractivity contribution is 0.0290. The van der Waals surface area contributed by atoms with Crippen molar-refractivity contribution >= 4 is 17.6 Å². The third-order valence-electron chi connectivity index (χ3n) is 2.51. The van der Waals surface area contributed by atoms with Crippen molar-refractivity contribution in [3.8, 4) is 0 Å². The van der Waals surface area contributed by atoms with E-state index >= 15 is 0 Å². The molecule has 2 amide bonds. The molecule has 1 rings (SSSR count). The monoisotopic (exact) mass is 301 g/mol. The van der Waals surface area contributed by atoms with E-state index in [0.717, 1.165) is 5.56 Å². The Balaban J connectivity index is 2.07. The maximum atomic E-state index is 10.4. The molecule has 0 saturated carbocycles. The fourth-order valence-corrected chi connectivity index (χ4v) is 1.71. The first-order valence-electron chi connectivity index (χ1n) is 6.33. The van der Waals surface area contributed by atoms with Crippen molar-refractivity contribution in [1.29, 1.82) is 0 Å². The third-order valence-corrected chi connectivity index (χ3v) is 2.88. The molecule has 0 aliphatic rings. The third kappa shape index (κ3) is 7.30. The number of amides is 2. The van der Waals surface area contributed by atoms with E-state index in [9.17, 15) is 9.90 Å². The van der Waals surface area contributed by atoms with Crippen molar-refractivity contribution in [1.82, 2.24) is 10.6 Å². The number of ether oxygens (including phenoxy) is 1. The number of primary amides is 1. The van der Waals surface area contributed by atoms with Crippen LogP contribution in [0.4, 0.5) is 4.79 Å². The number of aliphatic hydroxyl groups is 1. The second-order valence-corrected chi connectivity index (χ2v) is 4.66. The Hall–Kier alpha value is -1.34. The molecule has 0 aromatic heterocycles. The largest absolute Gasteiger partial charge is 0.389 e. The van der Waals surface area contributed by atoms with Gasteiger partial charge < -0.3 is 26.2 Å². The van der Waals surface area contributed by atoms with Crippen LogP contribution in [0.2, 0.25) is 5.02 Å². The molecule has 0 heterocycles. The molecule has 7 heteroatoms. The van der Waals surface area contributed by atoms with Crippen LogP contribution in [0, 0.1) is 0 Å². The summed E-state index contributed by atoms with van der Waals surface area (Å²) in [5.41, 5.74) is 5.80. The number of benzene rings is 1. The van der Waals surface area contributed by atoms with Gasteiger partial charge in [-0.1, -0.05) is 29.8 Å². The lowest BCUT2D eigenvalue weighted by Gasteiger charge is -2.13. The number of hydrogen-bond acceptors (Lipinski definition) is 4. The lowest BCUT2D eigenvalue weighted by Crippen LogP contribution is -2.38. The summed E-state index contributed by atoms with van der Waals surface area (Å²) < 4.78 is 5.39. The van der Waals surface area contributed by atoms with Crippen molar-refractivity contribution in [2.75, 3.05) is 26.2 Å². The van der Waals surface area contributed by atoms with Gasteiger partial charge in [0.25, 0.3) is 0 Å². The first-order chi connectivity index (χ1) is 9.59. The highest BCUT2D eigenvalue weighted by Gasteiger charge is 2.05. The van der Waals surface area contributed by atoms with Crippen LogP contribution in [0.15, 0.2) is 24.3 Å². The number of aliphatic hydroxyl groups excluding tert-OH is 1. The first kappa shape index (κ1) is 16.7. The number of rotatable bonds is 9. The summed E-state index contributed by atoms with van der Waals surface area (Å²) in [5.74, 6) is 0. The first-order valence-corrected chi connectivity index (χ1v) is 6.70.